The molecule has 1 aromatic carbocycles. The van der Waals surface area contributed by atoms with E-state index in [0.29, 0.717) is 6.54 Å². The van der Waals surface area contributed by atoms with E-state index >= 15 is 0 Å². The fraction of sp³-hybridized carbons (Fsp3) is 0.0909. The van der Waals surface area contributed by atoms with Gasteiger partial charge in [0, 0.05) is 28.1 Å². The molecule has 0 atom stereocenters. The predicted molar refractivity (Wildman–Crippen MR) is 64.1 cm³/mol. The van der Waals surface area contributed by atoms with Crippen LogP contribution in [-0.2, 0) is 0 Å². The van der Waals surface area contributed by atoms with Crippen molar-refractivity contribution >= 4 is 32.9 Å². The van der Waals surface area contributed by atoms with Crippen LogP contribution in [0.2, 0.25) is 0 Å². The summed E-state index contributed by atoms with van der Waals surface area (Å²) in [4.78, 5) is 3.18. The van der Waals surface area contributed by atoms with Crippen LogP contribution in [0.15, 0.2) is 34.9 Å². The van der Waals surface area contributed by atoms with Crippen molar-refractivity contribution in [1.82, 2.24) is 4.98 Å². The molecule has 0 fully saturated rings. The van der Waals surface area contributed by atoms with Crippen molar-refractivity contribution in [3.8, 4) is 0 Å². The number of hydrogen-bond acceptors (Lipinski definition) is 1. The van der Waals surface area contributed by atoms with Crippen molar-refractivity contribution in [3.63, 3.8) is 0 Å². The number of aromatic amines is 1. The van der Waals surface area contributed by atoms with Gasteiger partial charge < -0.3 is 10.7 Å². The molecule has 0 saturated heterocycles. The Morgan fingerprint density at radius 2 is 2.29 bits per heavy atom. The maximum Gasteiger partial charge on any atom is 0.0466 e. The van der Waals surface area contributed by atoms with Crippen molar-refractivity contribution in [1.29, 1.82) is 0 Å². The van der Waals surface area contributed by atoms with E-state index in [2.05, 4.69) is 39.1 Å². The average Bonchev–Trinajstić information content (AvgIpc) is 2.57. The fourth-order valence-corrected chi connectivity index (χ4v) is 1.85. The molecule has 0 radical (unpaired) electrons. The standard InChI is InChI=1S/C11H11BrN2/c12-10-7-14-11-4-3-8(2-1-5-13)6-9(10)11/h1-4,6-7,14H,5,13H2/b2-1+. The lowest BCUT2D eigenvalue weighted by atomic mass is 10.1. The number of aromatic nitrogens is 1. The van der Waals surface area contributed by atoms with Crippen LogP contribution in [0.5, 0.6) is 0 Å². The Hall–Kier alpha value is -1.06. The summed E-state index contributed by atoms with van der Waals surface area (Å²) in [5, 5.41) is 1.20. The first-order valence-corrected chi connectivity index (χ1v) is 5.24. The second kappa shape index (κ2) is 3.98. The second-order valence-corrected chi connectivity index (χ2v) is 3.93. The zero-order valence-electron chi connectivity index (χ0n) is 7.63. The van der Waals surface area contributed by atoms with Gasteiger partial charge in [-0.15, -0.1) is 0 Å². The molecule has 2 rings (SSSR count). The normalized spacial score (nSPS) is 11.6. The molecule has 1 aromatic heterocycles. The van der Waals surface area contributed by atoms with E-state index in [9.17, 15) is 0 Å². The molecule has 72 valence electrons. The van der Waals surface area contributed by atoms with E-state index in [1.165, 1.54) is 10.9 Å². The molecule has 2 nitrogen and oxygen atoms in total. The van der Waals surface area contributed by atoms with Gasteiger partial charge in [-0.2, -0.15) is 0 Å². The number of halogens is 1. The van der Waals surface area contributed by atoms with Gasteiger partial charge in [-0.1, -0.05) is 18.2 Å². The lowest BCUT2D eigenvalue weighted by Gasteiger charge is -1.94. The Balaban J connectivity index is 2.49. The molecular weight excluding hydrogens is 240 g/mol. The lowest BCUT2D eigenvalue weighted by Crippen LogP contribution is -1.91. The van der Waals surface area contributed by atoms with Gasteiger partial charge in [-0.05, 0) is 33.6 Å². The number of rotatable bonds is 2. The van der Waals surface area contributed by atoms with Crippen molar-refractivity contribution in [2.45, 2.75) is 0 Å². The van der Waals surface area contributed by atoms with Crippen LogP contribution >= 0.6 is 15.9 Å². The minimum absolute atomic E-state index is 0.576. The van der Waals surface area contributed by atoms with E-state index in [1.807, 2.05) is 18.3 Å². The Morgan fingerprint density at radius 1 is 1.43 bits per heavy atom. The zero-order valence-corrected chi connectivity index (χ0v) is 9.21. The Morgan fingerprint density at radius 3 is 3.07 bits per heavy atom. The summed E-state index contributed by atoms with van der Waals surface area (Å²) in [6.07, 6.45) is 5.92. The van der Waals surface area contributed by atoms with E-state index < -0.39 is 0 Å². The summed E-state index contributed by atoms with van der Waals surface area (Å²) >= 11 is 3.49. The highest BCUT2D eigenvalue weighted by Crippen LogP contribution is 2.24. The molecule has 0 saturated carbocycles. The van der Waals surface area contributed by atoms with Gasteiger partial charge in [0.05, 0.1) is 0 Å². The summed E-state index contributed by atoms with van der Waals surface area (Å²) in [7, 11) is 0. The number of nitrogens with two attached hydrogens (primary N) is 1. The summed E-state index contributed by atoms with van der Waals surface area (Å²) in [6, 6.07) is 6.26. The molecule has 2 aromatic rings. The quantitative estimate of drug-likeness (QED) is 0.846. The van der Waals surface area contributed by atoms with Crippen LogP contribution in [0.25, 0.3) is 17.0 Å². The summed E-state index contributed by atoms with van der Waals surface area (Å²) in [6.45, 7) is 0.576. The van der Waals surface area contributed by atoms with Crippen LogP contribution < -0.4 is 5.73 Å². The van der Waals surface area contributed by atoms with Crippen molar-refractivity contribution in [2.24, 2.45) is 5.73 Å². The summed E-state index contributed by atoms with van der Waals surface area (Å²) < 4.78 is 1.09. The Bertz CT molecular complexity index is 471. The van der Waals surface area contributed by atoms with E-state index in [4.69, 9.17) is 5.73 Å². The van der Waals surface area contributed by atoms with Gasteiger partial charge in [0.15, 0.2) is 0 Å². The molecule has 3 N–H and O–H groups in total. The average molecular weight is 251 g/mol. The summed E-state index contributed by atoms with van der Waals surface area (Å²) in [5.74, 6) is 0. The molecule has 0 aliphatic heterocycles. The van der Waals surface area contributed by atoms with Crippen molar-refractivity contribution < 1.29 is 0 Å². The third kappa shape index (κ3) is 1.74. The topological polar surface area (TPSA) is 41.8 Å². The molecule has 3 heteroatoms. The number of fused-ring (bicyclic) bond motifs is 1. The molecule has 1 heterocycles. The van der Waals surface area contributed by atoms with E-state index in [0.717, 1.165) is 9.99 Å². The highest BCUT2D eigenvalue weighted by atomic mass is 79.9. The molecule has 14 heavy (non-hydrogen) atoms. The largest absolute Gasteiger partial charge is 0.360 e. The number of nitrogens with one attached hydrogen (secondary N) is 1. The molecule has 0 unspecified atom stereocenters. The first kappa shape index (κ1) is 9.49. The summed E-state index contributed by atoms with van der Waals surface area (Å²) in [5.41, 5.74) is 7.71. The molecule has 0 amide bonds. The highest BCUT2D eigenvalue weighted by molar-refractivity contribution is 9.10. The van der Waals surface area contributed by atoms with Crippen LogP contribution in [0.4, 0.5) is 0 Å². The number of hydrogen-bond donors (Lipinski definition) is 2. The third-order valence-corrected chi connectivity index (χ3v) is 2.76. The van der Waals surface area contributed by atoms with Gasteiger partial charge in [-0.3, -0.25) is 0 Å². The minimum atomic E-state index is 0.576. The van der Waals surface area contributed by atoms with Crippen LogP contribution in [-0.4, -0.2) is 11.5 Å². The van der Waals surface area contributed by atoms with Crippen molar-refractivity contribution in [3.05, 3.63) is 40.5 Å². The highest BCUT2D eigenvalue weighted by Gasteiger charge is 1.99. The Labute approximate surface area is 90.9 Å². The smallest absolute Gasteiger partial charge is 0.0466 e. The molecular formula is C11H11BrN2. The van der Waals surface area contributed by atoms with Crippen LogP contribution in [0.1, 0.15) is 5.56 Å². The molecule has 0 aliphatic carbocycles. The van der Waals surface area contributed by atoms with Gasteiger partial charge in [0.2, 0.25) is 0 Å². The lowest BCUT2D eigenvalue weighted by molar-refractivity contribution is 1.26. The van der Waals surface area contributed by atoms with Gasteiger partial charge >= 0.3 is 0 Å². The van der Waals surface area contributed by atoms with E-state index in [-0.39, 0.29) is 0 Å². The zero-order chi connectivity index (χ0) is 9.97. The van der Waals surface area contributed by atoms with E-state index in [1.54, 1.807) is 0 Å². The third-order valence-electron chi connectivity index (χ3n) is 2.10. The SMILES string of the molecule is NC/C=C/c1ccc2[nH]cc(Br)c2c1. The maximum absolute atomic E-state index is 5.40. The van der Waals surface area contributed by atoms with Crippen LogP contribution in [0, 0.1) is 0 Å². The van der Waals surface area contributed by atoms with Gasteiger partial charge in [-0.25, -0.2) is 0 Å². The Kier molecular flexibility index (Phi) is 2.70. The number of benzene rings is 1. The predicted octanol–water partition coefficient (Wildman–Crippen LogP) is 2.90. The molecule has 0 aliphatic rings. The maximum atomic E-state index is 5.40. The molecule has 0 bridgehead atoms. The first-order valence-electron chi connectivity index (χ1n) is 4.44. The first-order chi connectivity index (χ1) is 6.81. The van der Waals surface area contributed by atoms with Gasteiger partial charge in [0.1, 0.15) is 0 Å². The van der Waals surface area contributed by atoms with Crippen LogP contribution in [0.3, 0.4) is 0 Å². The second-order valence-electron chi connectivity index (χ2n) is 3.08. The monoisotopic (exact) mass is 250 g/mol. The van der Waals surface area contributed by atoms with Crippen molar-refractivity contribution in [2.75, 3.05) is 6.54 Å². The molecule has 0 spiro atoms. The number of H-pyrrole nitrogens is 1. The van der Waals surface area contributed by atoms with Gasteiger partial charge in [0.25, 0.3) is 0 Å². The minimum Gasteiger partial charge on any atom is -0.360 e. The fourth-order valence-electron chi connectivity index (χ4n) is 1.41.